The lowest BCUT2D eigenvalue weighted by molar-refractivity contribution is 0.413. The van der Waals surface area contributed by atoms with Crippen molar-refractivity contribution < 1.29 is 9.47 Å². The summed E-state index contributed by atoms with van der Waals surface area (Å²) in [6.07, 6.45) is 0.910. The lowest BCUT2D eigenvalue weighted by atomic mass is 10.2. The number of hydrogen-bond acceptors (Lipinski definition) is 3. The minimum atomic E-state index is 0.789. The summed E-state index contributed by atoms with van der Waals surface area (Å²) in [6.45, 7) is 2.94. The average molecular weight is 358 g/mol. The Morgan fingerprint density at radius 3 is 2.11 bits per heavy atom. The summed E-state index contributed by atoms with van der Waals surface area (Å²) < 4.78 is 13.4. The van der Waals surface area contributed by atoms with Crippen molar-refractivity contribution in [3.8, 4) is 17.2 Å². The van der Waals surface area contributed by atoms with E-state index in [9.17, 15) is 0 Å². The number of hydrogen-bond donors (Lipinski definition) is 0. The zero-order chi connectivity index (χ0) is 18.6. The molecule has 0 aliphatic rings. The fraction of sp³-hybridized carbons (Fsp3) is 0.174. The Morgan fingerprint density at radius 1 is 0.815 bits per heavy atom. The van der Waals surface area contributed by atoms with Crippen LogP contribution in [0.1, 0.15) is 18.3 Å². The maximum absolute atomic E-state index is 5.91. The van der Waals surface area contributed by atoms with Crippen LogP contribution in [0.4, 0.5) is 0 Å². The van der Waals surface area contributed by atoms with Crippen molar-refractivity contribution in [2.24, 2.45) is 0 Å². The van der Waals surface area contributed by atoms with Crippen molar-refractivity contribution in [3.63, 3.8) is 0 Å². The van der Waals surface area contributed by atoms with Gasteiger partial charge in [0.1, 0.15) is 23.1 Å². The molecule has 0 spiro atoms. The molecule has 0 aliphatic heterocycles. The van der Waals surface area contributed by atoms with Gasteiger partial charge in [0, 0.05) is 13.0 Å². The van der Waals surface area contributed by atoms with Gasteiger partial charge in [-0.05, 0) is 54.1 Å². The summed E-state index contributed by atoms with van der Waals surface area (Å²) in [5, 5.41) is 0. The normalized spacial score (nSPS) is 10.9. The van der Waals surface area contributed by atoms with Gasteiger partial charge in [-0.15, -0.1) is 0 Å². The summed E-state index contributed by atoms with van der Waals surface area (Å²) in [7, 11) is 1.65. The van der Waals surface area contributed by atoms with Gasteiger partial charge in [-0.25, -0.2) is 4.98 Å². The van der Waals surface area contributed by atoms with Gasteiger partial charge in [0.05, 0.1) is 18.1 Å². The number of para-hydroxylation sites is 2. The number of methoxy groups -OCH3 is 1. The highest BCUT2D eigenvalue weighted by atomic mass is 16.5. The SMILES string of the molecule is CCc1nc2ccccc2n1Cc1ccc(Oc2ccc(OC)cc2)cc1. The first-order valence-corrected chi connectivity index (χ1v) is 9.12. The molecule has 1 aromatic heterocycles. The van der Waals surface area contributed by atoms with Crippen molar-refractivity contribution in [3.05, 3.63) is 84.2 Å². The van der Waals surface area contributed by atoms with Gasteiger partial charge in [-0.1, -0.05) is 31.2 Å². The van der Waals surface area contributed by atoms with Crippen LogP contribution in [-0.4, -0.2) is 16.7 Å². The van der Waals surface area contributed by atoms with Gasteiger partial charge in [-0.2, -0.15) is 0 Å². The van der Waals surface area contributed by atoms with Crippen molar-refractivity contribution in [2.75, 3.05) is 7.11 Å². The van der Waals surface area contributed by atoms with Gasteiger partial charge >= 0.3 is 0 Å². The molecule has 27 heavy (non-hydrogen) atoms. The predicted molar refractivity (Wildman–Crippen MR) is 108 cm³/mol. The number of aryl methyl sites for hydroxylation is 1. The molecule has 0 N–H and O–H groups in total. The molecule has 3 aromatic carbocycles. The van der Waals surface area contributed by atoms with E-state index >= 15 is 0 Å². The molecular weight excluding hydrogens is 336 g/mol. The number of fused-ring (bicyclic) bond motifs is 1. The Hall–Kier alpha value is -3.27. The van der Waals surface area contributed by atoms with Crippen LogP contribution in [0, 0.1) is 0 Å². The summed E-state index contributed by atoms with van der Waals surface area (Å²) in [5.74, 6) is 3.53. The van der Waals surface area contributed by atoms with Gasteiger partial charge in [-0.3, -0.25) is 0 Å². The van der Waals surface area contributed by atoms with Gasteiger partial charge in [0.15, 0.2) is 0 Å². The Labute approximate surface area is 159 Å². The molecule has 4 nitrogen and oxygen atoms in total. The molecule has 0 amide bonds. The molecule has 4 rings (SSSR count). The molecule has 0 fully saturated rings. The fourth-order valence-corrected chi connectivity index (χ4v) is 3.20. The standard InChI is InChI=1S/C23H22N2O2/c1-3-23-24-21-6-4-5-7-22(21)25(23)16-17-8-10-19(11-9-17)27-20-14-12-18(26-2)13-15-20/h4-15H,3,16H2,1-2H3. The molecule has 136 valence electrons. The highest BCUT2D eigenvalue weighted by Gasteiger charge is 2.09. The van der Waals surface area contributed by atoms with Crippen LogP contribution >= 0.6 is 0 Å². The van der Waals surface area contributed by atoms with Crippen LogP contribution in [0.5, 0.6) is 17.2 Å². The second-order valence-electron chi connectivity index (χ2n) is 6.38. The molecule has 0 bridgehead atoms. The summed E-state index contributed by atoms with van der Waals surface area (Å²) >= 11 is 0. The first-order chi connectivity index (χ1) is 13.3. The first kappa shape index (κ1) is 17.2. The highest BCUT2D eigenvalue weighted by Crippen LogP contribution is 2.25. The van der Waals surface area contributed by atoms with Gasteiger partial charge in [0.2, 0.25) is 0 Å². The molecular formula is C23H22N2O2. The number of ether oxygens (including phenoxy) is 2. The number of aromatic nitrogens is 2. The highest BCUT2D eigenvalue weighted by molar-refractivity contribution is 5.76. The molecule has 0 radical (unpaired) electrons. The van der Waals surface area contributed by atoms with Crippen molar-refractivity contribution in [2.45, 2.75) is 19.9 Å². The second-order valence-corrected chi connectivity index (χ2v) is 6.38. The van der Waals surface area contributed by atoms with Gasteiger partial charge < -0.3 is 14.0 Å². The quantitative estimate of drug-likeness (QED) is 0.460. The third kappa shape index (κ3) is 3.65. The Bertz CT molecular complexity index is 1030. The fourth-order valence-electron chi connectivity index (χ4n) is 3.20. The molecule has 0 saturated heterocycles. The van der Waals surface area contributed by atoms with E-state index in [4.69, 9.17) is 14.5 Å². The summed E-state index contributed by atoms with van der Waals surface area (Å²) in [6, 6.07) is 24.1. The second kappa shape index (κ2) is 7.54. The minimum Gasteiger partial charge on any atom is -0.497 e. The van der Waals surface area contributed by atoms with E-state index in [1.165, 1.54) is 11.1 Å². The number of rotatable bonds is 6. The van der Waals surface area contributed by atoms with Crippen LogP contribution in [0.15, 0.2) is 72.8 Å². The lowest BCUT2D eigenvalue weighted by Crippen LogP contribution is -2.04. The maximum atomic E-state index is 5.91. The topological polar surface area (TPSA) is 36.3 Å². The average Bonchev–Trinajstić information content (AvgIpc) is 3.08. The monoisotopic (exact) mass is 358 g/mol. The molecule has 0 saturated carbocycles. The third-order valence-electron chi connectivity index (χ3n) is 4.61. The summed E-state index contributed by atoms with van der Waals surface area (Å²) in [5.41, 5.74) is 3.44. The van der Waals surface area contributed by atoms with Gasteiger partial charge in [0.25, 0.3) is 0 Å². The van der Waals surface area contributed by atoms with Crippen molar-refractivity contribution >= 4 is 11.0 Å². The van der Waals surface area contributed by atoms with E-state index in [1.807, 2.05) is 42.5 Å². The molecule has 4 heteroatoms. The predicted octanol–water partition coefficient (Wildman–Crippen LogP) is 5.45. The Morgan fingerprint density at radius 2 is 1.44 bits per heavy atom. The largest absolute Gasteiger partial charge is 0.497 e. The number of imidazole rings is 1. The minimum absolute atomic E-state index is 0.789. The van der Waals surface area contributed by atoms with E-state index in [0.717, 1.165) is 41.6 Å². The van der Waals surface area contributed by atoms with Crippen LogP contribution in [0.2, 0.25) is 0 Å². The third-order valence-corrected chi connectivity index (χ3v) is 4.61. The molecule has 0 unspecified atom stereocenters. The van der Waals surface area contributed by atoms with Crippen LogP contribution in [0.3, 0.4) is 0 Å². The van der Waals surface area contributed by atoms with E-state index in [0.29, 0.717) is 0 Å². The zero-order valence-electron chi connectivity index (χ0n) is 15.6. The maximum Gasteiger partial charge on any atom is 0.127 e. The zero-order valence-corrected chi connectivity index (χ0v) is 15.6. The molecule has 1 heterocycles. The van der Waals surface area contributed by atoms with E-state index in [1.54, 1.807) is 7.11 Å². The Kier molecular flexibility index (Phi) is 4.79. The first-order valence-electron chi connectivity index (χ1n) is 9.12. The van der Waals surface area contributed by atoms with Crippen LogP contribution in [0.25, 0.3) is 11.0 Å². The Balaban J connectivity index is 1.52. The van der Waals surface area contributed by atoms with Crippen LogP contribution in [-0.2, 0) is 13.0 Å². The van der Waals surface area contributed by atoms with E-state index in [-0.39, 0.29) is 0 Å². The van der Waals surface area contributed by atoms with E-state index in [2.05, 4.69) is 41.8 Å². The summed E-state index contributed by atoms with van der Waals surface area (Å²) in [4.78, 5) is 4.74. The molecule has 0 aliphatic carbocycles. The van der Waals surface area contributed by atoms with Crippen LogP contribution < -0.4 is 9.47 Å². The molecule has 4 aromatic rings. The molecule has 0 atom stereocenters. The van der Waals surface area contributed by atoms with Crippen molar-refractivity contribution in [1.82, 2.24) is 9.55 Å². The van der Waals surface area contributed by atoms with E-state index < -0.39 is 0 Å². The number of benzene rings is 3. The smallest absolute Gasteiger partial charge is 0.127 e. The number of nitrogens with zero attached hydrogens (tertiary/aromatic N) is 2. The van der Waals surface area contributed by atoms with Crippen molar-refractivity contribution in [1.29, 1.82) is 0 Å². The lowest BCUT2D eigenvalue weighted by Gasteiger charge is -2.10.